The summed E-state index contributed by atoms with van der Waals surface area (Å²) < 4.78 is 0. The van der Waals surface area contributed by atoms with Crippen LogP contribution in [0, 0.1) is 33.8 Å². The predicted molar refractivity (Wildman–Crippen MR) is 73.3 cm³/mol. The van der Waals surface area contributed by atoms with Gasteiger partial charge in [0, 0.05) is 23.3 Å². The van der Waals surface area contributed by atoms with E-state index >= 15 is 0 Å². The fourth-order valence-corrected chi connectivity index (χ4v) is 1.43. The minimum Gasteiger partial charge on any atom is -0.258 e. The van der Waals surface area contributed by atoms with E-state index in [4.69, 9.17) is 0 Å². The van der Waals surface area contributed by atoms with Crippen molar-refractivity contribution in [1.29, 1.82) is 0 Å². The Kier molecular flexibility index (Phi) is 3.95. The third-order valence-electron chi connectivity index (χ3n) is 2.31. The number of hydrogen-bond donors (Lipinski definition) is 0. The van der Waals surface area contributed by atoms with Gasteiger partial charge in [-0.1, -0.05) is 36.1 Å². The summed E-state index contributed by atoms with van der Waals surface area (Å²) in [5.74, 6) is 11.1. The number of nitrogens with zero attached hydrogens (tertiary/aromatic N) is 1. The van der Waals surface area contributed by atoms with Gasteiger partial charge in [-0.15, -0.1) is 0 Å². The molecule has 0 N–H and O–H groups in total. The molecular formula is C16H9NO2. The Morgan fingerprint density at radius 2 is 1.47 bits per heavy atom. The van der Waals surface area contributed by atoms with Gasteiger partial charge in [0.1, 0.15) is 0 Å². The molecule has 0 aliphatic carbocycles. The molecule has 0 saturated carbocycles. The van der Waals surface area contributed by atoms with Gasteiger partial charge in [-0.25, -0.2) is 0 Å². The van der Waals surface area contributed by atoms with E-state index in [1.54, 1.807) is 12.1 Å². The standard InChI is InChI=1S/C16H9NO2/c18-17(19)16-12-6-11-15(13-16)10-5-4-9-14-7-2-1-3-8-14/h1-3,6-8,11-13H. The molecule has 0 atom stereocenters. The molecule has 0 amide bonds. The molecule has 0 bridgehead atoms. The zero-order chi connectivity index (χ0) is 13.5. The molecule has 0 radical (unpaired) electrons. The summed E-state index contributed by atoms with van der Waals surface area (Å²) >= 11 is 0. The molecule has 0 unspecified atom stereocenters. The van der Waals surface area contributed by atoms with Crippen molar-refractivity contribution in [2.24, 2.45) is 0 Å². The maximum atomic E-state index is 10.6. The lowest BCUT2D eigenvalue weighted by atomic mass is 10.2. The van der Waals surface area contributed by atoms with E-state index in [0.717, 1.165) is 5.56 Å². The van der Waals surface area contributed by atoms with Crippen LogP contribution in [-0.2, 0) is 0 Å². The molecule has 3 nitrogen and oxygen atoms in total. The lowest BCUT2D eigenvalue weighted by molar-refractivity contribution is -0.384. The smallest absolute Gasteiger partial charge is 0.258 e. The van der Waals surface area contributed by atoms with Gasteiger partial charge < -0.3 is 0 Å². The molecule has 0 aliphatic rings. The van der Waals surface area contributed by atoms with Crippen LogP contribution in [0.25, 0.3) is 0 Å². The normalized spacial score (nSPS) is 8.63. The molecule has 0 heterocycles. The van der Waals surface area contributed by atoms with E-state index in [9.17, 15) is 10.1 Å². The van der Waals surface area contributed by atoms with Gasteiger partial charge >= 0.3 is 0 Å². The molecular weight excluding hydrogens is 238 g/mol. The Labute approximate surface area is 111 Å². The summed E-state index contributed by atoms with van der Waals surface area (Å²) in [6.07, 6.45) is 0. The lowest BCUT2D eigenvalue weighted by Crippen LogP contribution is -1.87. The number of non-ortho nitro benzene ring substituents is 1. The molecule has 0 aliphatic heterocycles. The van der Waals surface area contributed by atoms with Crippen molar-refractivity contribution in [2.45, 2.75) is 0 Å². The number of nitro groups is 1. The third kappa shape index (κ3) is 3.73. The molecule has 0 aromatic heterocycles. The fraction of sp³-hybridized carbons (Fsp3) is 0. The number of hydrogen-bond acceptors (Lipinski definition) is 2. The Bertz CT molecular complexity index is 713. The Morgan fingerprint density at radius 3 is 2.16 bits per heavy atom. The van der Waals surface area contributed by atoms with Crippen LogP contribution in [0.5, 0.6) is 0 Å². The summed E-state index contributed by atoms with van der Waals surface area (Å²) in [6.45, 7) is 0. The van der Waals surface area contributed by atoms with Crippen molar-refractivity contribution in [3.8, 4) is 23.7 Å². The van der Waals surface area contributed by atoms with Gasteiger partial charge in [-0.2, -0.15) is 0 Å². The number of nitro benzene ring substituents is 1. The highest BCUT2D eigenvalue weighted by atomic mass is 16.6. The van der Waals surface area contributed by atoms with Crippen LogP contribution in [0.1, 0.15) is 11.1 Å². The fourth-order valence-electron chi connectivity index (χ4n) is 1.43. The maximum Gasteiger partial charge on any atom is 0.270 e. The molecule has 3 heteroatoms. The second-order valence-corrected chi connectivity index (χ2v) is 3.67. The van der Waals surface area contributed by atoms with Gasteiger partial charge in [0.05, 0.1) is 4.92 Å². The Morgan fingerprint density at radius 1 is 0.842 bits per heavy atom. The number of rotatable bonds is 1. The van der Waals surface area contributed by atoms with Gasteiger partial charge in [0.2, 0.25) is 0 Å². The zero-order valence-electron chi connectivity index (χ0n) is 9.96. The molecule has 19 heavy (non-hydrogen) atoms. The molecule has 90 valence electrons. The largest absolute Gasteiger partial charge is 0.270 e. The van der Waals surface area contributed by atoms with Gasteiger partial charge in [-0.05, 0) is 30.0 Å². The first-order valence-electron chi connectivity index (χ1n) is 5.57. The molecule has 2 aromatic rings. The van der Waals surface area contributed by atoms with Crippen molar-refractivity contribution < 1.29 is 4.92 Å². The molecule has 0 saturated heterocycles. The lowest BCUT2D eigenvalue weighted by Gasteiger charge is -1.90. The monoisotopic (exact) mass is 247 g/mol. The van der Waals surface area contributed by atoms with Crippen molar-refractivity contribution >= 4 is 5.69 Å². The van der Waals surface area contributed by atoms with Crippen molar-refractivity contribution in [3.05, 3.63) is 75.8 Å². The minimum absolute atomic E-state index is 0.0304. The molecule has 2 rings (SSSR count). The van der Waals surface area contributed by atoms with Gasteiger partial charge in [0.15, 0.2) is 0 Å². The SMILES string of the molecule is O=[N+]([O-])c1cccc(C#CC#Cc2ccccc2)c1. The molecule has 0 spiro atoms. The summed E-state index contributed by atoms with van der Waals surface area (Å²) in [5.41, 5.74) is 1.50. The van der Waals surface area contributed by atoms with Crippen LogP contribution in [0.2, 0.25) is 0 Å². The highest BCUT2D eigenvalue weighted by Crippen LogP contribution is 2.11. The van der Waals surface area contributed by atoms with Crippen molar-refractivity contribution in [2.75, 3.05) is 0 Å². The second-order valence-electron chi connectivity index (χ2n) is 3.67. The topological polar surface area (TPSA) is 43.1 Å². The zero-order valence-corrected chi connectivity index (χ0v) is 9.96. The van der Waals surface area contributed by atoms with Gasteiger partial charge in [0.25, 0.3) is 5.69 Å². The van der Waals surface area contributed by atoms with Crippen LogP contribution in [0.15, 0.2) is 54.6 Å². The van der Waals surface area contributed by atoms with E-state index in [-0.39, 0.29) is 5.69 Å². The maximum absolute atomic E-state index is 10.6. The van der Waals surface area contributed by atoms with E-state index in [1.807, 2.05) is 30.3 Å². The summed E-state index contributed by atoms with van der Waals surface area (Å²) in [6, 6.07) is 15.7. The van der Waals surface area contributed by atoms with Crippen LogP contribution in [0.4, 0.5) is 5.69 Å². The average molecular weight is 247 g/mol. The highest BCUT2D eigenvalue weighted by Gasteiger charge is 2.03. The predicted octanol–water partition coefficient (Wildman–Crippen LogP) is 3.00. The third-order valence-corrected chi connectivity index (χ3v) is 2.31. The van der Waals surface area contributed by atoms with Gasteiger partial charge in [-0.3, -0.25) is 10.1 Å². The first kappa shape index (κ1) is 12.4. The Balaban J connectivity index is 2.15. The summed E-state index contributed by atoms with van der Waals surface area (Å²) in [7, 11) is 0. The van der Waals surface area contributed by atoms with E-state index < -0.39 is 4.92 Å². The van der Waals surface area contributed by atoms with Crippen molar-refractivity contribution in [3.63, 3.8) is 0 Å². The van der Waals surface area contributed by atoms with E-state index in [0.29, 0.717) is 5.56 Å². The Hall–Kier alpha value is -3.04. The van der Waals surface area contributed by atoms with Crippen molar-refractivity contribution in [1.82, 2.24) is 0 Å². The van der Waals surface area contributed by atoms with Crippen LogP contribution in [0.3, 0.4) is 0 Å². The highest BCUT2D eigenvalue weighted by molar-refractivity contribution is 5.47. The van der Waals surface area contributed by atoms with Crippen LogP contribution < -0.4 is 0 Å². The minimum atomic E-state index is -0.444. The molecule has 0 fully saturated rings. The average Bonchev–Trinajstić information content (AvgIpc) is 2.45. The summed E-state index contributed by atoms with van der Waals surface area (Å²) in [5, 5.41) is 10.6. The second kappa shape index (κ2) is 6.05. The first-order chi connectivity index (χ1) is 9.25. The quantitative estimate of drug-likeness (QED) is 0.441. The van der Waals surface area contributed by atoms with Crippen LogP contribution >= 0.6 is 0 Å². The van der Waals surface area contributed by atoms with E-state index in [2.05, 4.69) is 23.7 Å². The van der Waals surface area contributed by atoms with Crippen LogP contribution in [-0.4, -0.2) is 4.92 Å². The molecule has 2 aromatic carbocycles. The summed E-state index contributed by atoms with van der Waals surface area (Å²) in [4.78, 5) is 10.2. The first-order valence-corrected chi connectivity index (χ1v) is 5.57. The number of benzene rings is 2. The van der Waals surface area contributed by atoms with E-state index in [1.165, 1.54) is 12.1 Å².